The number of thiazole rings is 1. The molecule has 25 heavy (non-hydrogen) atoms. The van der Waals surface area contributed by atoms with Gasteiger partial charge in [0.25, 0.3) is 0 Å². The van der Waals surface area contributed by atoms with E-state index in [1.807, 2.05) is 36.5 Å². The summed E-state index contributed by atoms with van der Waals surface area (Å²) >= 11 is 7.84. The molecule has 0 amide bonds. The number of aromatic nitrogens is 2. The lowest BCUT2D eigenvalue weighted by Crippen LogP contribution is -2.45. The number of hydrogen-bond donors (Lipinski definition) is 1. The van der Waals surface area contributed by atoms with E-state index in [0.29, 0.717) is 6.04 Å². The summed E-state index contributed by atoms with van der Waals surface area (Å²) in [7, 11) is 0. The topological polar surface area (TPSA) is 41.0 Å². The van der Waals surface area contributed by atoms with Crippen molar-refractivity contribution >= 4 is 22.9 Å². The van der Waals surface area contributed by atoms with Crippen LogP contribution in [0.5, 0.6) is 0 Å². The van der Waals surface area contributed by atoms with Crippen molar-refractivity contribution in [3.05, 3.63) is 70.3 Å². The summed E-state index contributed by atoms with van der Waals surface area (Å²) in [5, 5.41) is 7.39. The molecule has 3 heterocycles. The van der Waals surface area contributed by atoms with Gasteiger partial charge >= 0.3 is 0 Å². The van der Waals surface area contributed by atoms with Crippen LogP contribution in [0.1, 0.15) is 17.3 Å². The van der Waals surface area contributed by atoms with Gasteiger partial charge in [-0.25, -0.2) is 4.98 Å². The van der Waals surface area contributed by atoms with Crippen LogP contribution in [0.25, 0.3) is 10.7 Å². The number of hydrogen-bond acceptors (Lipinski definition) is 5. The van der Waals surface area contributed by atoms with Gasteiger partial charge in [-0.1, -0.05) is 29.8 Å². The molecule has 0 radical (unpaired) electrons. The number of nitrogens with one attached hydrogen (secondary N) is 1. The Hall–Kier alpha value is -1.79. The molecule has 1 aromatic carbocycles. The molecule has 1 atom stereocenters. The zero-order valence-electron chi connectivity index (χ0n) is 13.7. The first kappa shape index (κ1) is 16.7. The molecule has 3 aromatic rings. The third-order valence-corrected chi connectivity index (χ3v) is 5.54. The molecule has 4 nitrogen and oxygen atoms in total. The highest BCUT2D eigenvalue weighted by molar-refractivity contribution is 7.13. The number of nitrogens with zero attached hydrogens (tertiary/aromatic N) is 3. The SMILES string of the molecule is Clc1cccc(C2CNCCN2Cc2csc(-c3ccccn3)n2)c1. The van der Waals surface area contributed by atoms with Gasteiger partial charge in [-0.15, -0.1) is 11.3 Å². The Morgan fingerprint density at radius 3 is 3.04 bits per heavy atom. The maximum atomic E-state index is 6.19. The summed E-state index contributed by atoms with van der Waals surface area (Å²) in [5.41, 5.74) is 3.28. The fourth-order valence-electron chi connectivity index (χ4n) is 3.17. The lowest BCUT2D eigenvalue weighted by atomic mass is 10.0. The molecule has 2 aromatic heterocycles. The maximum Gasteiger partial charge on any atom is 0.142 e. The third-order valence-electron chi connectivity index (χ3n) is 4.39. The van der Waals surface area contributed by atoms with E-state index >= 15 is 0 Å². The van der Waals surface area contributed by atoms with Gasteiger partial charge < -0.3 is 5.32 Å². The van der Waals surface area contributed by atoms with Crippen LogP contribution in [0.3, 0.4) is 0 Å². The van der Waals surface area contributed by atoms with Crippen molar-refractivity contribution in [2.45, 2.75) is 12.6 Å². The van der Waals surface area contributed by atoms with E-state index in [4.69, 9.17) is 16.6 Å². The molecule has 6 heteroatoms. The van der Waals surface area contributed by atoms with Gasteiger partial charge in [-0.2, -0.15) is 0 Å². The zero-order valence-corrected chi connectivity index (χ0v) is 15.3. The smallest absolute Gasteiger partial charge is 0.142 e. The van der Waals surface area contributed by atoms with Gasteiger partial charge in [0.05, 0.1) is 11.4 Å². The lowest BCUT2D eigenvalue weighted by Gasteiger charge is -2.36. The molecular weight excluding hydrogens is 352 g/mol. The van der Waals surface area contributed by atoms with Crippen LogP contribution in [-0.2, 0) is 6.54 Å². The van der Waals surface area contributed by atoms with Gasteiger partial charge in [0.1, 0.15) is 5.01 Å². The third kappa shape index (κ3) is 3.90. The van der Waals surface area contributed by atoms with Crippen molar-refractivity contribution < 1.29 is 0 Å². The highest BCUT2D eigenvalue weighted by Gasteiger charge is 2.24. The Labute approximate surface area is 156 Å². The fraction of sp³-hybridized carbons (Fsp3) is 0.263. The Morgan fingerprint density at radius 2 is 2.20 bits per heavy atom. The predicted molar refractivity (Wildman–Crippen MR) is 103 cm³/mol. The van der Waals surface area contributed by atoms with Gasteiger partial charge in [0, 0.05) is 48.8 Å². The van der Waals surface area contributed by atoms with Crippen LogP contribution in [-0.4, -0.2) is 34.5 Å². The van der Waals surface area contributed by atoms with E-state index < -0.39 is 0 Å². The molecule has 0 spiro atoms. The molecule has 0 aliphatic carbocycles. The normalized spacial score (nSPS) is 18.4. The van der Waals surface area contributed by atoms with Gasteiger partial charge in [-0.05, 0) is 29.8 Å². The Kier molecular flexibility index (Phi) is 5.08. The lowest BCUT2D eigenvalue weighted by molar-refractivity contribution is 0.152. The molecule has 1 aliphatic rings. The van der Waals surface area contributed by atoms with E-state index in [1.165, 1.54) is 5.56 Å². The standard InChI is InChI=1S/C19H19ClN4S/c20-15-5-3-4-14(10-15)18-11-21-8-9-24(18)12-16-13-25-19(23-16)17-6-1-2-7-22-17/h1-7,10,13,18,21H,8-9,11-12H2. The zero-order chi connectivity index (χ0) is 17.1. The van der Waals surface area contributed by atoms with Crippen LogP contribution in [0, 0.1) is 0 Å². The highest BCUT2D eigenvalue weighted by Crippen LogP contribution is 2.28. The van der Waals surface area contributed by atoms with E-state index in [1.54, 1.807) is 11.3 Å². The first-order chi connectivity index (χ1) is 12.3. The molecule has 0 saturated carbocycles. The number of benzene rings is 1. The summed E-state index contributed by atoms with van der Waals surface area (Å²) in [6, 6.07) is 14.4. The number of rotatable bonds is 4. The van der Waals surface area contributed by atoms with Crippen LogP contribution >= 0.6 is 22.9 Å². The second-order valence-electron chi connectivity index (χ2n) is 6.10. The summed E-state index contributed by atoms with van der Waals surface area (Å²) in [6.45, 7) is 3.75. The van der Waals surface area contributed by atoms with Gasteiger partial charge in [0.15, 0.2) is 0 Å². The van der Waals surface area contributed by atoms with Crippen molar-refractivity contribution in [3.8, 4) is 10.7 Å². The summed E-state index contributed by atoms with van der Waals surface area (Å²) < 4.78 is 0. The van der Waals surface area contributed by atoms with E-state index in [9.17, 15) is 0 Å². The number of piperazine rings is 1. The second kappa shape index (κ2) is 7.62. The van der Waals surface area contributed by atoms with Crippen LogP contribution < -0.4 is 5.32 Å². The average Bonchev–Trinajstić information content (AvgIpc) is 3.11. The molecule has 1 unspecified atom stereocenters. The molecule has 0 bridgehead atoms. The van der Waals surface area contributed by atoms with Crippen LogP contribution in [0.15, 0.2) is 54.0 Å². The van der Waals surface area contributed by atoms with Crippen molar-refractivity contribution in [1.82, 2.24) is 20.2 Å². The Bertz CT molecular complexity index is 836. The molecule has 1 N–H and O–H groups in total. The number of halogens is 1. The highest BCUT2D eigenvalue weighted by atomic mass is 35.5. The predicted octanol–water partition coefficient (Wildman–Crippen LogP) is 4.01. The van der Waals surface area contributed by atoms with Crippen molar-refractivity contribution in [2.24, 2.45) is 0 Å². The van der Waals surface area contributed by atoms with E-state index in [2.05, 4.69) is 32.7 Å². The number of pyridine rings is 1. The van der Waals surface area contributed by atoms with Gasteiger partial charge in [0.2, 0.25) is 0 Å². The minimum absolute atomic E-state index is 0.312. The Morgan fingerprint density at radius 1 is 1.24 bits per heavy atom. The van der Waals surface area contributed by atoms with E-state index in [0.717, 1.165) is 47.6 Å². The maximum absolute atomic E-state index is 6.19. The summed E-state index contributed by atoms with van der Waals surface area (Å²) in [4.78, 5) is 11.7. The molecule has 1 saturated heterocycles. The molecule has 1 fully saturated rings. The minimum atomic E-state index is 0.312. The largest absolute Gasteiger partial charge is 0.314 e. The first-order valence-corrected chi connectivity index (χ1v) is 9.61. The fourth-order valence-corrected chi connectivity index (χ4v) is 4.16. The quantitative estimate of drug-likeness (QED) is 0.753. The molecule has 128 valence electrons. The summed E-state index contributed by atoms with van der Waals surface area (Å²) in [6.07, 6.45) is 1.81. The van der Waals surface area contributed by atoms with Crippen molar-refractivity contribution in [1.29, 1.82) is 0 Å². The molecule has 4 rings (SSSR count). The van der Waals surface area contributed by atoms with Crippen LogP contribution in [0.2, 0.25) is 5.02 Å². The van der Waals surface area contributed by atoms with E-state index in [-0.39, 0.29) is 0 Å². The molecular formula is C19H19ClN4S. The van der Waals surface area contributed by atoms with Gasteiger partial charge in [-0.3, -0.25) is 9.88 Å². The average molecular weight is 371 g/mol. The van der Waals surface area contributed by atoms with Crippen LogP contribution in [0.4, 0.5) is 0 Å². The first-order valence-electron chi connectivity index (χ1n) is 8.35. The minimum Gasteiger partial charge on any atom is -0.314 e. The monoisotopic (exact) mass is 370 g/mol. The Balaban J connectivity index is 1.53. The van der Waals surface area contributed by atoms with Crippen molar-refractivity contribution in [3.63, 3.8) is 0 Å². The second-order valence-corrected chi connectivity index (χ2v) is 7.40. The molecule has 1 aliphatic heterocycles. The summed E-state index contributed by atoms with van der Waals surface area (Å²) in [5.74, 6) is 0. The van der Waals surface area contributed by atoms with Crippen molar-refractivity contribution in [2.75, 3.05) is 19.6 Å².